The van der Waals surface area contributed by atoms with Crippen molar-refractivity contribution in [3.63, 3.8) is 0 Å². The Labute approximate surface area is 113 Å². The zero-order valence-corrected chi connectivity index (χ0v) is 10.4. The van der Waals surface area contributed by atoms with E-state index in [9.17, 15) is 9.90 Å². The van der Waals surface area contributed by atoms with Gasteiger partial charge in [-0.2, -0.15) is 0 Å². The van der Waals surface area contributed by atoms with E-state index in [0.29, 0.717) is 11.2 Å². The number of aliphatic carboxylic acids is 1. The van der Waals surface area contributed by atoms with E-state index in [1.807, 2.05) is 0 Å². The van der Waals surface area contributed by atoms with Gasteiger partial charge in [0, 0.05) is 6.42 Å². The zero-order chi connectivity index (χ0) is 14.3. The van der Waals surface area contributed by atoms with E-state index in [0.717, 1.165) is 0 Å². The van der Waals surface area contributed by atoms with Crippen LogP contribution in [-0.2, 0) is 9.53 Å². The van der Waals surface area contributed by atoms with Crippen LogP contribution in [0, 0.1) is 5.92 Å². The summed E-state index contributed by atoms with van der Waals surface area (Å²) in [5, 5.41) is 18.3. The van der Waals surface area contributed by atoms with Crippen molar-refractivity contribution in [3.8, 4) is 0 Å². The summed E-state index contributed by atoms with van der Waals surface area (Å²) >= 11 is 0. The molecule has 0 aliphatic carbocycles. The number of nitrogens with zero attached hydrogens (tertiary/aromatic N) is 4. The Morgan fingerprint density at radius 2 is 2.30 bits per heavy atom. The molecule has 9 heteroatoms. The van der Waals surface area contributed by atoms with Gasteiger partial charge in [0.1, 0.15) is 18.1 Å². The highest BCUT2D eigenvalue weighted by molar-refractivity contribution is 5.81. The number of nitrogen functional groups attached to an aromatic ring is 1. The fourth-order valence-corrected chi connectivity index (χ4v) is 2.41. The number of hydrogen-bond acceptors (Lipinski definition) is 7. The number of carbonyl (C=O) groups is 1. The van der Waals surface area contributed by atoms with Gasteiger partial charge in [-0.1, -0.05) is 0 Å². The van der Waals surface area contributed by atoms with Gasteiger partial charge < -0.3 is 20.7 Å². The third-order valence-corrected chi connectivity index (χ3v) is 3.43. The molecule has 9 nitrogen and oxygen atoms in total. The van der Waals surface area contributed by atoms with Crippen LogP contribution < -0.4 is 5.73 Å². The van der Waals surface area contributed by atoms with E-state index in [4.69, 9.17) is 15.6 Å². The molecule has 1 saturated heterocycles. The number of imidazole rings is 1. The fraction of sp³-hybridized carbons (Fsp3) is 0.455. The van der Waals surface area contributed by atoms with Crippen LogP contribution in [0.25, 0.3) is 11.2 Å². The van der Waals surface area contributed by atoms with Crippen molar-refractivity contribution in [2.45, 2.75) is 18.8 Å². The van der Waals surface area contributed by atoms with Crippen LogP contribution in [-0.4, -0.2) is 48.4 Å². The summed E-state index contributed by atoms with van der Waals surface area (Å²) in [7, 11) is 0. The summed E-state index contributed by atoms with van der Waals surface area (Å²) in [6.45, 7) is -0.350. The van der Waals surface area contributed by atoms with Gasteiger partial charge in [0.2, 0.25) is 0 Å². The van der Waals surface area contributed by atoms with Gasteiger partial charge in [-0.25, -0.2) is 15.0 Å². The van der Waals surface area contributed by atoms with Gasteiger partial charge in [-0.15, -0.1) is 0 Å². The first-order valence-corrected chi connectivity index (χ1v) is 6.04. The van der Waals surface area contributed by atoms with Crippen molar-refractivity contribution >= 4 is 23.0 Å². The number of aliphatic hydroxyl groups is 1. The normalized spacial score (nSPS) is 26.1. The van der Waals surface area contributed by atoms with Gasteiger partial charge in [0.05, 0.1) is 25.0 Å². The first-order valence-electron chi connectivity index (χ1n) is 6.04. The van der Waals surface area contributed by atoms with Crippen molar-refractivity contribution in [1.82, 2.24) is 19.5 Å². The van der Waals surface area contributed by atoms with Gasteiger partial charge in [0.15, 0.2) is 11.5 Å². The molecular formula is C11H13N5O4. The number of carboxylic acids is 1. The predicted octanol–water partition coefficient (Wildman–Crippen LogP) is -0.611. The Morgan fingerprint density at radius 1 is 1.50 bits per heavy atom. The SMILES string of the molecule is Nc1ncnc2c1ncn2[C@H]1C[C@H](C(=O)O)[C@@H](CO)O1. The highest BCUT2D eigenvalue weighted by Crippen LogP contribution is 2.35. The lowest BCUT2D eigenvalue weighted by Gasteiger charge is -2.13. The molecule has 0 bridgehead atoms. The Bertz CT molecular complexity index is 657. The minimum atomic E-state index is -0.995. The van der Waals surface area contributed by atoms with Crippen LogP contribution in [0.2, 0.25) is 0 Å². The van der Waals surface area contributed by atoms with Crippen molar-refractivity contribution < 1.29 is 19.7 Å². The van der Waals surface area contributed by atoms with Crippen molar-refractivity contribution in [2.24, 2.45) is 5.92 Å². The van der Waals surface area contributed by atoms with E-state index >= 15 is 0 Å². The second kappa shape index (κ2) is 4.69. The standard InChI is InChI=1S/C11H13N5O4/c12-9-8-10(14-3-13-9)16(4-15-8)7-1-5(11(18)19)6(2-17)20-7/h3-7,17H,1-2H2,(H,18,19)(H2,12,13,14)/t5-,6+,7+/m0/s1. The maximum atomic E-state index is 11.1. The maximum absolute atomic E-state index is 11.1. The lowest BCUT2D eigenvalue weighted by Crippen LogP contribution is -2.26. The molecule has 0 spiro atoms. The van der Waals surface area contributed by atoms with Crippen LogP contribution in [0.15, 0.2) is 12.7 Å². The summed E-state index contributed by atoms with van der Waals surface area (Å²) in [5.74, 6) is -1.51. The van der Waals surface area contributed by atoms with Crippen LogP contribution in [0.1, 0.15) is 12.6 Å². The fourth-order valence-electron chi connectivity index (χ4n) is 2.41. The Balaban J connectivity index is 1.97. The number of anilines is 1. The predicted molar refractivity (Wildman–Crippen MR) is 66.5 cm³/mol. The number of carboxylic acid groups (broad SMARTS) is 1. The van der Waals surface area contributed by atoms with E-state index in [1.54, 1.807) is 4.57 Å². The molecule has 0 aromatic carbocycles. The molecule has 1 aliphatic rings. The molecule has 3 atom stereocenters. The minimum absolute atomic E-state index is 0.232. The van der Waals surface area contributed by atoms with Gasteiger partial charge in [-0.3, -0.25) is 9.36 Å². The molecular weight excluding hydrogens is 266 g/mol. The molecule has 0 saturated carbocycles. The number of aliphatic hydroxyl groups excluding tert-OH is 1. The third-order valence-electron chi connectivity index (χ3n) is 3.43. The molecule has 0 radical (unpaired) electrons. The third kappa shape index (κ3) is 1.87. The average molecular weight is 279 g/mol. The Morgan fingerprint density at radius 3 is 2.95 bits per heavy atom. The lowest BCUT2D eigenvalue weighted by molar-refractivity contribution is -0.144. The van der Waals surface area contributed by atoms with Gasteiger partial charge >= 0.3 is 5.97 Å². The summed E-state index contributed by atoms with van der Waals surface area (Å²) < 4.78 is 7.18. The quantitative estimate of drug-likeness (QED) is 0.676. The monoisotopic (exact) mass is 279 g/mol. The second-order valence-electron chi connectivity index (χ2n) is 4.58. The molecule has 1 aliphatic heterocycles. The largest absolute Gasteiger partial charge is 0.481 e. The van der Waals surface area contributed by atoms with E-state index in [1.165, 1.54) is 12.7 Å². The second-order valence-corrected chi connectivity index (χ2v) is 4.58. The van der Waals surface area contributed by atoms with Gasteiger partial charge in [0.25, 0.3) is 0 Å². The summed E-state index contributed by atoms with van der Waals surface area (Å²) in [6.07, 6.45) is 1.74. The number of rotatable bonds is 3. The zero-order valence-electron chi connectivity index (χ0n) is 10.4. The summed E-state index contributed by atoms with van der Waals surface area (Å²) in [6, 6.07) is 0. The molecule has 3 rings (SSSR count). The number of aromatic nitrogens is 4. The first-order chi connectivity index (χ1) is 9.61. The topological polar surface area (TPSA) is 136 Å². The average Bonchev–Trinajstić information content (AvgIpc) is 3.02. The van der Waals surface area contributed by atoms with Crippen molar-refractivity contribution in [3.05, 3.63) is 12.7 Å². The molecule has 4 N–H and O–H groups in total. The van der Waals surface area contributed by atoms with E-state index < -0.39 is 24.2 Å². The van der Waals surface area contributed by atoms with Crippen LogP contribution >= 0.6 is 0 Å². The summed E-state index contributed by atoms with van der Waals surface area (Å²) in [4.78, 5) is 23.2. The molecule has 0 amide bonds. The van der Waals surface area contributed by atoms with E-state index in [2.05, 4.69) is 15.0 Å². The molecule has 20 heavy (non-hydrogen) atoms. The highest BCUT2D eigenvalue weighted by atomic mass is 16.5. The lowest BCUT2D eigenvalue weighted by atomic mass is 10.0. The summed E-state index contributed by atoms with van der Waals surface area (Å²) in [5.41, 5.74) is 6.61. The van der Waals surface area contributed by atoms with E-state index in [-0.39, 0.29) is 18.8 Å². The van der Waals surface area contributed by atoms with Crippen LogP contribution in [0.4, 0.5) is 5.82 Å². The minimum Gasteiger partial charge on any atom is -0.481 e. The molecule has 1 fully saturated rings. The number of hydrogen-bond donors (Lipinski definition) is 3. The molecule has 2 aromatic rings. The molecule has 3 heterocycles. The molecule has 2 aromatic heterocycles. The first kappa shape index (κ1) is 12.8. The molecule has 106 valence electrons. The van der Waals surface area contributed by atoms with Crippen LogP contribution in [0.3, 0.4) is 0 Å². The Hall–Kier alpha value is -2.26. The van der Waals surface area contributed by atoms with Crippen LogP contribution in [0.5, 0.6) is 0 Å². The maximum Gasteiger partial charge on any atom is 0.309 e. The number of ether oxygens (including phenoxy) is 1. The Kier molecular flexibility index (Phi) is 2.99. The smallest absolute Gasteiger partial charge is 0.309 e. The number of fused-ring (bicyclic) bond motifs is 1. The van der Waals surface area contributed by atoms with Crippen molar-refractivity contribution in [1.29, 1.82) is 0 Å². The van der Waals surface area contributed by atoms with Crippen molar-refractivity contribution in [2.75, 3.05) is 12.3 Å². The molecule has 0 unspecified atom stereocenters. The van der Waals surface area contributed by atoms with Gasteiger partial charge in [-0.05, 0) is 0 Å². The highest BCUT2D eigenvalue weighted by Gasteiger charge is 2.40. The number of nitrogens with two attached hydrogens (primary N) is 1.